The van der Waals surface area contributed by atoms with Crippen molar-refractivity contribution in [3.05, 3.63) is 12.2 Å². The van der Waals surface area contributed by atoms with E-state index in [0.29, 0.717) is 5.88 Å². The summed E-state index contributed by atoms with van der Waals surface area (Å²) in [5.74, 6) is 0.653. The van der Waals surface area contributed by atoms with E-state index in [1.165, 1.54) is 6.42 Å². The predicted molar refractivity (Wildman–Crippen MR) is 34.8 cm³/mol. The summed E-state index contributed by atoms with van der Waals surface area (Å²) in [5.41, 5.74) is 0. The first-order valence-electron chi connectivity index (χ1n) is 2.62. The molecule has 0 heterocycles. The van der Waals surface area contributed by atoms with Gasteiger partial charge in [0.1, 0.15) is 0 Å². The van der Waals surface area contributed by atoms with Crippen molar-refractivity contribution in [1.82, 2.24) is 0 Å². The molecule has 0 aromatic heterocycles. The Hall–Kier alpha value is 0.0300. The van der Waals surface area contributed by atoms with Gasteiger partial charge in [0.05, 0.1) is 0 Å². The van der Waals surface area contributed by atoms with E-state index in [0.717, 1.165) is 6.42 Å². The lowest BCUT2D eigenvalue weighted by Crippen LogP contribution is -1.61. The third-order valence-electron chi connectivity index (χ3n) is 0.711. The highest BCUT2D eigenvalue weighted by Crippen LogP contribution is 1.88. The van der Waals surface area contributed by atoms with E-state index >= 15 is 0 Å². The SMILES string of the molecule is CCC/C=C\CCl. The van der Waals surface area contributed by atoms with Crippen molar-refractivity contribution in [1.29, 1.82) is 0 Å². The highest BCUT2D eigenvalue weighted by atomic mass is 35.5. The molecule has 0 aliphatic heterocycles. The number of unbranched alkanes of at least 4 members (excludes halogenated alkanes) is 1. The van der Waals surface area contributed by atoms with Gasteiger partial charge in [-0.2, -0.15) is 0 Å². The zero-order chi connectivity index (χ0) is 5.54. The summed E-state index contributed by atoms with van der Waals surface area (Å²) in [6.07, 6.45) is 6.46. The molecule has 0 rings (SSSR count). The van der Waals surface area contributed by atoms with Gasteiger partial charge >= 0.3 is 0 Å². The number of alkyl halides is 1. The Kier molecular flexibility index (Phi) is 6.06. The van der Waals surface area contributed by atoms with Crippen LogP contribution in [0.5, 0.6) is 0 Å². The molecule has 0 aromatic carbocycles. The van der Waals surface area contributed by atoms with Gasteiger partial charge in [0, 0.05) is 5.88 Å². The van der Waals surface area contributed by atoms with Gasteiger partial charge in [-0.15, -0.1) is 11.6 Å². The van der Waals surface area contributed by atoms with Crippen molar-refractivity contribution < 1.29 is 0 Å². The highest BCUT2D eigenvalue weighted by Gasteiger charge is 1.68. The first-order chi connectivity index (χ1) is 3.41. The van der Waals surface area contributed by atoms with Crippen LogP contribution in [-0.4, -0.2) is 5.88 Å². The summed E-state index contributed by atoms with van der Waals surface area (Å²) in [7, 11) is 0. The molecule has 42 valence electrons. The highest BCUT2D eigenvalue weighted by molar-refractivity contribution is 6.18. The van der Waals surface area contributed by atoms with Crippen LogP contribution in [0.4, 0.5) is 0 Å². The molecule has 0 spiro atoms. The number of halogens is 1. The monoisotopic (exact) mass is 118 g/mol. The van der Waals surface area contributed by atoms with E-state index in [9.17, 15) is 0 Å². The van der Waals surface area contributed by atoms with Crippen LogP contribution < -0.4 is 0 Å². The van der Waals surface area contributed by atoms with Gasteiger partial charge in [-0.25, -0.2) is 0 Å². The maximum atomic E-state index is 5.35. The van der Waals surface area contributed by atoms with E-state index in [-0.39, 0.29) is 0 Å². The largest absolute Gasteiger partial charge is 0.122 e. The summed E-state index contributed by atoms with van der Waals surface area (Å²) < 4.78 is 0. The Morgan fingerprint density at radius 3 is 2.57 bits per heavy atom. The summed E-state index contributed by atoms with van der Waals surface area (Å²) >= 11 is 5.35. The molecule has 0 radical (unpaired) electrons. The van der Waals surface area contributed by atoms with Crippen LogP contribution in [0.15, 0.2) is 12.2 Å². The molecule has 0 atom stereocenters. The maximum absolute atomic E-state index is 5.35. The van der Waals surface area contributed by atoms with E-state index in [1.807, 2.05) is 6.08 Å². The lowest BCUT2D eigenvalue weighted by Gasteiger charge is -1.78. The number of rotatable bonds is 3. The van der Waals surface area contributed by atoms with Crippen molar-refractivity contribution >= 4 is 11.6 Å². The van der Waals surface area contributed by atoms with Gasteiger partial charge < -0.3 is 0 Å². The van der Waals surface area contributed by atoms with Crippen molar-refractivity contribution in [2.45, 2.75) is 19.8 Å². The third kappa shape index (κ3) is 6.03. The minimum Gasteiger partial charge on any atom is -0.122 e. The van der Waals surface area contributed by atoms with Gasteiger partial charge in [0.15, 0.2) is 0 Å². The lowest BCUT2D eigenvalue weighted by molar-refractivity contribution is 0.957. The topological polar surface area (TPSA) is 0 Å². The first kappa shape index (κ1) is 7.03. The van der Waals surface area contributed by atoms with Crippen molar-refractivity contribution in [2.75, 3.05) is 5.88 Å². The summed E-state index contributed by atoms with van der Waals surface area (Å²) in [6.45, 7) is 2.15. The molecule has 0 N–H and O–H groups in total. The summed E-state index contributed by atoms with van der Waals surface area (Å²) in [4.78, 5) is 0. The molecule has 0 saturated carbocycles. The van der Waals surface area contributed by atoms with E-state index in [2.05, 4.69) is 13.0 Å². The summed E-state index contributed by atoms with van der Waals surface area (Å²) in [5, 5.41) is 0. The van der Waals surface area contributed by atoms with Crippen molar-refractivity contribution in [3.8, 4) is 0 Å². The molecule has 0 fully saturated rings. The van der Waals surface area contributed by atoms with Crippen LogP contribution in [0.2, 0.25) is 0 Å². The maximum Gasteiger partial charge on any atom is 0.0404 e. The summed E-state index contributed by atoms with van der Waals surface area (Å²) in [6, 6.07) is 0. The Bertz CT molecular complexity index is 48.1. The second-order valence-electron chi connectivity index (χ2n) is 1.41. The molecular weight excluding hydrogens is 108 g/mol. The fourth-order valence-corrected chi connectivity index (χ4v) is 0.474. The predicted octanol–water partition coefficient (Wildman–Crippen LogP) is 2.58. The van der Waals surface area contributed by atoms with Gasteiger partial charge in [0.2, 0.25) is 0 Å². The standard InChI is InChI=1S/C6H11Cl/c1-2-3-4-5-6-7/h4-5H,2-3,6H2,1H3/b5-4-. The smallest absolute Gasteiger partial charge is 0.0404 e. The van der Waals surface area contributed by atoms with Gasteiger partial charge in [-0.1, -0.05) is 25.5 Å². The number of allylic oxidation sites excluding steroid dienone is 2. The minimum atomic E-state index is 0.653. The molecule has 0 aromatic rings. The number of hydrogen-bond acceptors (Lipinski definition) is 0. The van der Waals surface area contributed by atoms with Crippen LogP contribution in [0.1, 0.15) is 19.8 Å². The molecule has 1 heteroatoms. The molecule has 0 aliphatic rings. The Morgan fingerprint density at radius 1 is 1.43 bits per heavy atom. The third-order valence-corrected chi connectivity index (χ3v) is 0.889. The molecule has 0 bridgehead atoms. The zero-order valence-corrected chi connectivity index (χ0v) is 5.41. The van der Waals surface area contributed by atoms with Crippen molar-refractivity contribution in [3.63, 3.8) is 0 Å². The van der Waals surface area contributed by atoms with E-state index in [4.69, 9.17) is 11.6 Å². The Labute approximate surface area is 50.2 Å². The lowest BCUT2D eigenvalue weighted by atomic mass is 10.3. The molecule has 0 aliphatic carbocycles. The molecule has 0 unspecified atom stereocenters. The molecule has 0 nitrogen and oxygen atoms in total. The molecule has 0 saturated heterocycles. The Morgan fingerprint density at radius 2 is 2.14 bits per heavy atom. The average molecular weight is 119 g/mol. The number of hydrogen-bond donors (Lipinski definition) is 0. The molecule has 0 amide bonds. The van der Waals surface area contributed by atoms with E-state index < -0.39 is 0 Å². The molecular formula is C6H11Cl. The molecule has 7 heavy (non-hydrogen) atoms. The van der Waals surface area contributed by atoms with Gasteiger partial charge in [-0.3, -0.25) is 0 Å². The second-order valence-corrected chi connectivity index (χ2v) is 1.72. The van der Waals surface area contributed by atoms with Crippen LogP contribution >= 0.6 is 11.6 Å². The Balaban J connectivity index is 2.78. The minimum absolute atomic E-state index is 0.653. The van der Waals surface area contributed by atoms with Crippen LogP contribution in [-0.2, 0) is 0 Å². The fourth-order valence-electron chi connectivity index (χ4n) is 0.348. The van der Waals surface area contributed by atoms with Crippen LogP contribution in [0.25, 0.3) is 0 Å². The van der Waals surface area contributed by atoms with E-state index in [1.54, 1.807) is 0 Å². The quantitative estimate of drug-likeness (QED) is 0.395. The average Bonchev–Trinajstić information content (AvgIpc) is 1.69. The van der Waals surface area contributed by atoms with Gasteiger partial charge in [-0.05, 0) is 6.42 Å². The van der Waals surface area contributed by atoms with Crippen LogP contribution in [0.3, 0.4) is 0 Å². The normalized spacial score (nSPS) is 10.6. The van der Waals surface area contributed by atoms with Crippen molar-refractivity contribution in [2.24, 2.45) is 0 Å². The second kappa shape index (κ2) is 6.03. The first-order valence-corrected chi connectivity index (χ1v) is 3.16. The van der Waals surface area contributed by atoms with Gasteiger partial charge in [0.25, 0.3) is 0 Å². The van der Waals surface area contributed by atoms with Crippen LogP contribution in [0, 0.1) is 0 Å². The fraction of sp³-hybridized carbons (Fsp3) is 0.667. The zero-order valence-electron chi connectivity index (χ0n) is 4.65.